The van der Waals surface area contributed by atoms with Gasteiger partial charge in [-0.05, 0) is 24.4 Å². The lowest BCUT2D eigenvalue weighted by atomic mass is 10.2. The van der Waals surface area contributed by atoms with Gasteiger partial charge in [0.05, 0.1) is 0 Å². The Morgan fingerprint density at radius 1 is 1.24 bits per heavy atom. The number of aromatic nitrogens is 2. The highest BCUT2D eigenvalue weighted by atomic mass is 32.1. The third kappa shape index (κ3) is 4.45. The van der Waals surface area contributed by atoms with Crippen LogP contribution in [0.4, 0.5) is 5.82 Å². The molecule has 0 atom stereocenters. The van der Waals surface area contributed by atoms with Crippen LogP contribution >= 0.6 is 11.3 Å². The van der Waals surface area contributed by atoms with E-state index in [-0.39, 0.29) is 5.91 Å². The van der Waals surface area contributed by atoms with Crippen LogP contribution in [0.2, 0.25) is 0 Å². The number of nitrogens with zero attached hydrogens (tertiary/aromatic N) is 4. The Labute approximate surface area is 153 Å². The first-order valence-corrected chi connectivity index (χ1v) is 9.52. The first-order chi connectivity index (χ1) is 12.0. The van der Waals surface area contributed by atoms with Crippen molar-refractivity contribution in [1.29, 1.82) is 0 Å². The number of rotatable bonds is 4. The zero-order valence-electron chi connectivity index (χ0n) is 15.0. The van der Waals surface area contributed by atoms with E-state index >= 15 is 0 Å². The molecule has 0 saturated carbocycles. The van der Waals surface area contributed by atoms with Gasteiger partial charge in [0.25, 0.3) is 0 Å². The number of aryl methyl sites for hydroxylation is 1. The molecule has 0 N–H and O–H groups in total. The standard InChI is InChI=1S/C19H24N4OS/c1-14(2)19-20-15(3)13-17(21-19)22-8-10-23(11-9-22)18(24)7-6-16-5-4-12-25-16/h4-7,12-14H,8-11H2,1-3H3/b7-6+. The number of carbonyl (C=O) groups excluding carboxylic acids is 1. The molecule has 1 aliphatic rings. The van der Waals surface area contributed by atoms with Crippen molar-refractivity contribution in [1.82, 2.24) is 14.9 Å². The minimum atomic E-state index is 0.0785. The summed E-state index contributed by atoms with van der Waals surface area (Å²) in [5.74, 6) is 2.24. The van der Waals surface area contributed by atoms with Crippen molar-refractivity contribution in [2.24, 2.45) is 0 Å². The van der Waals surface area contributed by atoms with Gasteiger partial charge in [-0.1, -0.05) is 19.9 Å². The van der Waals surface area contributed by atoms with Crippen LogP contribution in [0.3, 0.4) is 0 Å². The maximum atomic E-state index is 12.3. The molecule has 1 amide bonds. The van der Waals surface area contributed by atoms with Crippen LogP contribution in [-0.4, -0.2) is 47.0 Å². The number of hydrogen-bond acceptors (Lipinski definition) is 5. The van der Waals surface area contributed by atoms with Gasteiger partial charge in [0.1, 0.15) is 11.6 Å². The molecule has 2 aromatic rings. The van der Waals surface area contributed by atoms with Crippen LogP contribution in [0.25, 0.3) is 6.08 Å². The Hall–Kier alpha value is -2.21. The van der Waals surface area contributed by atoms with Gasteiger partial charge in [0.15, 0.2) is 0 Å². The monoisotopic (exact) mass is 356 g/mol. The molecule has 0 aromatic carbocycles. The average molecular weight is 356 g/mol. The van der Waals surface area contributed by atoms with Gasteiger partial charge in [-0.15, -0.1) is 11.3 Å². The van der Waals surface area contributed by atoms with Crippen LogP contribution in [0, 0.1) is 6.92 Å². The van der Waals surface area contributed by atoms with E-state index in [0.717, 1.165) is 35.3 Å². The second-order valence-corrected chi connectivity index (χ2v) is 7.52. The van der Waals surface area contributed by atoms with Crippen LogP contribution in [-0.2, 0) is 4.79 Å². The molecule has 1 fully saturated rings. The third-order valence-electron chi connectivity index (χ3n) is 4.22. The second kappa shape index (κ2) is 7.78. The van der Waals surface area contributed by atoms with Gasteiger partial charge in [-0.2, -0.15) is 0 Å². The van der Waals surface area contributed by atoms with Crippen LogP contribution in [0.15, 0.2) is 29.7 Å². The summed E-state index contributed by atoms with van der Waals surface area (Å²) in [5, 5.41) is 2.01. The summed E-state index contributed by atoms with van der Waals surface area (Å²) in [7, 11) is 0. The molecule has 1 aliphatic heterocycles. The highest BCUT2D eigenvalue weighted by Crippen LogP contribution is 2.19. The first kappa shape index (κ1) is 17.6. The third-order valence-corrected chi connectivity index (χ3v) is 5.06. The van der Waals surface area contributed by atoms with Gasteiger partial charge in [-0.3, -0.25) is 4.79 Å². The quantitative estimate of drug-likeness (QED) is 0.789. The second-order valence-electron chi connectivity index (χ2n) is 6.54. The van der Waals surface area contributed by atoms with E-state index in [2.05, 4.69) is 23.7 Å². The van der Waals surface area contributed by atoms with Crippen molar-refractivity contribution in [3.05, 3.63) is 46.1 Å². The molecule has 0 spiro atoms. The highest BCUT2D eigenvalue weighted by molar-refractivity contribution is 7.10. The van der Waals surface area contributed by atoms with Gasteiger partial charge in [-0.25, -0.2) is 9.97 Å². The molecule has 0 aliphatic carbocycles. The Kier molecular flexibility index (Phi) is 5.48. The van der Waals surface area contributed by atoms with Gasteiger partial charge in [0, 0.05) is 54.8 Å². The predicted octanol–water partition coefficient (Wildman–Crippen LogP) is 3.33. The van der Waals surface area contributed by atoms with Crippen LogP contribution < -0.4 is 4.90 Å². The summed E-state index contributed by atoms with van der Waals surface area (Å²) >= 11 is 1.63. The lowest BCUT2D eigenvalue weighted by Gasteiger charge is -2.35. The van der Waals surface area contributed by atoms with E-state index in [1.165, 1.54) is 0 Å². The summed E-state index contributed by atoms with van der Waals surface area (Å²) in [4.78, 5) is 26.8. The normalized spacial score (nSPS) is 15.4. The number of carbonyl (C=O) groups is 1. The van der Waals surface area contributed by atoms with Crippen LogP contribution in [0.1, 0.15) is 36.2 Å². The average Bonchev–Trinajstić information content (AvgIpc) is 3.13. The van der Waals surface area contributed by atoms with Crippen molar-refractivity contribution in [3.63, 3.8) is 0 Å². The molecule has 5 nitrogen and oxygen atoms in total. The van der Waals surface area contributed by atoms with Crippen molar-refractivity contribution in [2.45, 2.75) is 26.7 Å². The van der Waals surface area contributed by atoms with E-state index in [0.29, 0.717) is 19.0 Å². The smallest absolute Gasteiger partial charge is 0.246 e. The highest BCUT2D eigenvalue weighted by Gasteiger charge is 2.21. The molecular formula is C19H24N4OS. The summed E-state index contributed by atoms with van der Waals surface area (Å²) in [6.45, 7) is 9.25. The van der Waals surface area contributed by atoms with E-state index in [4.69, 9.17) is 4.98 Å². The molecule has 25 heavy (non-hydrogen) atoms. The summed E-state index contributed by atoms with van der Waals surface area (Å²) < 4.78 is 0. The fourth-order valence-corrected chi connectivity index (χ4v) is 3.41. The minimum absolute atomic E-state index is 0.0785. The lowest BCUT2D eigenvalue weighted by molar-refractivity contribution is -0.126. The number of thiophene rings is 1. The summed E-state index contributed by atoms with van der Waals surface area (Å²) in [6.07, 6.45) is 3.56. The van der Waals surface area contributed by atoms with Crippen molar-refractivity contribution in [2.75, 3.05) is 31.1 Å². The Morgan fingerprint density at radius 2 is 2.00 bits per heavy atom. The molecule has 2 aromatic heterocycles. The zero-order chi connectivity index (χ0) is 17.8. The number of anilines is 1. The van der Waals surface area contributed by atoms with Crippen LogP contribution in [0.5, 0.6) is 0 Å². The Morgan fingerprint density at radius 3 is 2.64 bits per heavy atom. The van der Waals surface area contributed by atoms with E-state index in [1.807, 2.05) is 41.5 Å². The van der Waals surface area contributed by atoms with Crippen molar-refractivity contribution < 1.29 is 4.79 Å². The molecule has 6 heteroatoms. The molecule has 1 saturated heterocycles. The van der Waals surface area contributed by atoms with Gasteiger partial charge < -0.3 is 9.80 Å². The number of piperazine rings is 1. The molecule has 0 bridgehead atoms. The fraction of sp³-hybridized carbons (Fsp3) is 0.421. The molecule has 132 valence electrons. The number of amides is 1. The molecule has 0 radical (unpaired) electrons. The maximum absolute atomic E-state index is 12.3. The van der Waals surface area contributed by atoms with E-state index < -0.39 is 0 Å². The van der Waals surface area contributed by atoms with Crippen molar-refractivity contribution >= 4 is 29.1 Å². The Balaban J connectivity index is 1.61. The van der Waals surface area contributed by atoms with Gasteiger partial charge >= 0.3 is 0 Å². The SMILES string of the molecule is Cc1cc(N2CCN(C(=O)/C=C/c3cccs3)CC2)nc(C(C)C)n1. The molecule has 3 heterocycles. The Bertz CT molecular complexity index is 747. The van der Waals surface area contributed by atoms with E-state index in [9.17, 15) is 4.79 Å². The summed E-state index contributed by atoms with van der Waals surface area (Å²) in [6, 6.07) is 6.03. The molecular weight excluding hydrogens is 332 g/mol. The van der Waals surface area contributed by atoms with Gasteiger partial charge in [0.2, 0.25) is 5.91 Å². The molecule has 3 rings (SSSR count). The lowest BCUT2D eigenvalue weighted by Crippen LogP contribution is -2.48. The largest absolute Gasteiger partial charge is 0.353 e. The fourth-order valence-electron chi connectivity index (χ4n) is 2.80. The summed E-state index contributed by atoms with van der Waals surface area (Å²) in [5.41, 5.74) is 0.992. The van der Waals surface area contributed by atoms with E-state index in [1.54, 1.807) is 17.4 Å². The zero-order valence-corrected chi connectivity index (χ0v) is 15.8. The number of hydrogen-bond donors (Lipinski definition) is 0. The molecule has 0 unspecified atom stereocenters. The topological polar surface area (TPSA) is 49.3 Å². The predicted molar refractivity (Wildman–Crippen MR) is 103 cm³/mol. The van der Waals surface area contributed by atoms with Crippen molar-refractivity contribution in [3.8, 4) is 0 Å². The first-order valence-electron chi connectivity index (χ1n) is 8.64. The minimum Gasteiger partial charge on any atom is -0.353 e. The maximum Gasteiger partial charge on any atom is 0.246 e.